The van der Waals surface area contributed by atoms with Crippen molar-refractivity contribution in [1.82, 2.24) is 4.57 Å². The highest BCUT2D eigenvalue weighted by atomic mass is 16.5. The first kappa shape index (κ1) is 14.9. The molecular formula is C12H15NO6. The van der Waals surface area contributed by atoms with Crippen molar-refractivity contribution in [2.75, 3.05) is 27.9 Å². The zero-order valence-electron chi connectivity index (χ0n) is 11.0. The van der Waals surface area contributed by atoms with Crippen LogP contribution in [0.1, 0.15) is 20.7 Å². The van der Waals surface area contributed by atoms with Gasteiger partial charge in [0.05, 0.1) is 20.8 Å². The lowest BCUT2D eigenvalue weighted by Crippen LogP contribution is -2.26. The van der Waals surface area contributed by atoms with E-state index >= 15 is 0 Å². The molecule has 1 aromatic rings. The molecule has 0 aliphatic carbocycles. The smallest absolute Gasteiger partial charge is 0.343 e. The Labute approximate surface area is 109 Å². The van der Waals surface area contributed by atoms with Gasteiger partial charge in [-0.3, -0.25) is 4.79 Å². The molecule has 7 nitrogen and oxygen atoms in total. The van der Waals surface area contributed by atoms with Gasteiger partial charge in [0, 0.05) is 26.0 Å². The highest BCUT2D eigenvalue weighted by molar-refractivity contribution is 5.94. The van der Waals surface area contributed by atoms with E-state index in [4.69, 9.17) is 4.74 Å². The second-order valence-corrected chi connectivity index (χ2v) is 3.63. The van der Waals surface area contributed by atoms with E-state index in [1.807, 2.05) is 0 Å². The third-order valence-corrected chi connectivity index (χ3v) is 2.44. The standard InChI is InChI=1S/C12H15NO6/c1-17-5-4-13-6-8(11(15)18-2)10(14)9(7-13)12(16)19-3/h6-7H,4-5H2,1-3H3. The normalized spacial score (nSPS) is 10.1. The quantitative estimate of drug-likeness (QED) is 0.703. The Morgan fingerprint density at radius 2 is 1.53 bits per heavy atom. The van der Waals surface area contributed by atoms with Crippen LogP contribution in [0.4, 0.5) is 0 Å². The van der Waals surface area contributed by atoms with Crippen molar-refractivity contribution in [3.8, 4) is 0 Å². The van der Waals surface area contributed by atoms with Crippen molar-refractivity contribution in [2.24, 2.45) is 0 Å². The van der Waals surface area contributed by atoms with Gasteiger partial charge in [0.1, 0.15) is 11.1 Å². The van der Waals surface area contributed by atoms with Crippen LogP contribution in [0, 0.1) is 0 Å². The van der Waals surface area contributed by atoms with Gasteiger partial charge in [0.2, 0.25) is 5.43 Å². The van der Waals surface area contributed by atoms with Crippen LogP contribution in [0.5, 0.6) is 0 Å². The fraction of sp³-hybridized carbons (Fsp3) is 0.417. The number of rotatable bonds is 5. The predicted octanol–water partition coefficient (Wildman–Crippen LogP) is 0.0679. The third kappa shape index (κ3) is 3.41. The summed E-state index contributed by atoms with van der Waals surface area (Å²) in [5.41, 5.74) is -1.16. The van der Waals surface area contributed by atoms with Gasteiger partial charge >= 0.3 is 11.9 Å². The third-order valence-electron chi connectivity index (χ3n) is 2.44. The summed E-state index contributed by atoms with van der Waals surface area (Å²) in [5.74, 6) is -1.61. The molecule has 0 N–H and O–H groups in total. The van der Waals surface area contributed by atoms with Crippen LogP contribution in [0.15, 0.2) is 17.2 Å². The number of carbonyl (C=O) groups excluding carboxylic acids is 2. The average molecular weight is 269 g/mol. The summed E-state index contributed by atoms with van der Waals surface area (Å²) < 4.78 is 15.4. The molecule has 7 heteroatoms. The molecule has 0 aromatic carbocycles. The molecule has 0 saturated carbocycles. The Bertz CT molecular complexity index is 493. The number of esters is 2. The lowest BCUT2D eigenvalue weighted by atomic mass is 10.2. The molecule has 0 bridgehead atoms. The molecule has 0 unspecified atom stereocenters. The SMILES string of the molecule is COCCn1cc(C(=O)OC)c(=O)c(C(=O)OC)c1. The van der Waals surface area contributed by atoms with Crippen LogP contribution in [-0.4, -0.2) is 44.4 Å². The van der Waals surface area contributed by atoms with Gasteiger partial charge in [-0.25, -0.2) is 9.59 Å². The van der Waals surface area contributed by atoms with Gasteiger partial charge < -0.3 is 18.8 Å². The molecule has 0 fully saturated rings. The number of pyridine rings is 1. The molecule has 0 aliphatic heterocycles. The molecule has 0 amide bonds. The highest BCUT2D eigenvalue weighted by Gasteiger charge is 2.19. The maximum atomic E-state index is 11.9. The molecule has 0 saturated heterocycles. The first-order valence-electron chi connectivity index (χ1n) is 5.44. The maximum absolute atomic E-state index is 11.9. The summed E-state index contributed by atoms with van der Waals surface area (Å²) in [4.78, 5) is 35.0. The molecule has 0 aliphatic rings. The molecule has 104 valence electrons. The van der Waals surface area contributed by atoms with Gasteiger partial charge in [-0.1, -0.05) is 0 Å². The average Bonchev–Trinajstić information content (AvgIpc) is 2.44. The number of ether oxygens (including phenoxy) is 3. The first-order chi connectivity index (χ1) is 9.04. The van der Waals surface area contributed by atoms with E-state index < -0.39 is 17.4 Å². The molecular weight excluding hydrogens is 254 g/mol. The molecule has 0 spiro atoms. The lowest BCUT2D eigenvalue weighted by molar-refractivity contribution is 0.0593. The summed E-state index contributed by atoms with van der Waals surface area (Å²) in [5, 5.41) is 0. The van der Waals surface area contributed by atoms with Crippen molar-refractivity contribution in [1.29, 1.82) is 0 Å². The van der Waals surface area contributed by atoms with E-state index in [9.17, 15) is 14.4 Å². The minimum absolute atomic E-state index is 0.221. The Hall–Kier alpha value is -2.15. The number of hydrogen-bond donors (Lipinski definition) is 0. The van der Waals surface area contributed by atoms with Crippen LogP contribution in [0.3, 0.4) is 0 Å². The van der Waals surface area contributed by atoms with Crippen molar-refractivity contribution >= 4 is 11.9 Å². The van der Waals surface area contributed by atoms with E-state index in [1.54, 1.807) is 0 Å². The van der Waals surface area contributed by atoms with Crippen LogP contribution >= 0.6 is 0 Å². The Morgan fingerprint density at radius 1 is 1.05 bits per heavy atom. The number of aromatic nitrogens is 1. The minimum atomic E-state index is -0.804. The van der Waals surface area contributed by atoms with Crippen molar-refractivity contribution in [3.05, 3.63) is 33.7 Å². The minimum Gasteiger partial charge on any atom is -0.465 e. The van der Waals surface area contributed by atoms with Gasteiger partial charge in [-0.15, -0.1) is 0 Å². The predicted molar refractivity (Wildman–Crippen MR) is 65.3 cm³/mol. The van der Waals surface area contributed by atoms with Crippen molar-refractivity contribution in [3.63, 3.8) is 0 Å². The summed E-state index contributed by atoms with van der Waals surface area (Å²) in [7, 11) is 3.84. The van der Waals surface area contributed by atoms with Crippen LogP contribution in [0.25, 0.3) is 0 Å². The number of carbonyl (C=O) groups is 2. The second kappa shape index (κ2) is 6.69. The van der Waals surface area contributed by atoms with Gasteiger partial charge in [-0.05, 0) is 0 Å². The van der Waals surface area contributed by atoms with E-state index in [1.165, 1.54) is 24.1 Å². The van der Waals surface area contributed by atoms with E-state index in [2.05, 4.69) is 9.47 Å². The molecule has 1 rings (SSSR count). The fourth-order valence-electron chi connectivity index (χ4n) is 1.47. The zero-order chi connectivity index (χ0) is 14.4. The van der Waals surface area contributed by atoms with Gasteiger partial charge in [0.25, 0.3) is 0 Å². The molecule has 19 heavy (non-hydrogen) atoms. The number of hydrogen-bond acceptors (Lipinski definition) is 6. The van der Waals surface area contributed by atoms with Crippen molar-refractivity contribution < 1.29 is 23.8 Å². The zero-order valence-corrected chi connectivity index (χ0v) is 11.0. The fourth-order valence-corrected chi connectivity index (χ4v) is 1.47. The van der Waals surface area contributed by atoms with E-state index in [0.717, 1.165) is 14.2 Å². The number of nitrogens with zero attached hydrogens (tertiary/aromatic N) is 1. The summed E-state index contributed by atoms with van der Waals surface area (Å²) >= 11 is 0. The van der Waals surface area contributed by atoms with Crippen molar-refractivity contribution in [2.45, 2.75) is 6.54 Å². The van der Waals surface area contributed by atoms with Gasteiger partial charge in [-0.2, -0.15) is 0 Å². The molecule has 1 aromatic heterocycles. The largest absolute Gasteiger partial charge is 0.465 e. The van der Waals surface area contributed by atoms with E-state index in [0.29, 0.717) is 13.2 Å². The maximum Gasteiger partial charge on any atom is 0.343 e. The first-order valence-corrected chi connectivity index (χ1v) is 5.44. The Morgan fingerprint density at radius 3 is 1.89 bits per heavy atom. The van der Waals surface area contributed by atoms with E-state index in [-0.39, 0.29) is 11.1 Å². The molecule has 0 radical (unpaired) electrons. The second-order valence-electron chi connectivity index (χ2n) is 3.63. The summed E-state index contributed by atoms with van der Waals surface area (Å²) in [6, 6.07) is 0. The molecule has 0 atom stereocenters. The number of methoxy groups -OCH3 is 3. The molecule has 1 heterocycles. The topological polar surface area (TPSA) is 83.8 Å². The lowest BCUT2D eigenvalue weighted by Gasteiger charge is -2.10. The monoisotopic (exact) mass is 269 g/mol. The summed E-state index contributed by atoms with van der Waals surface area (Å²) in [6.45, 7) is 0.745. The van der Waals surface area contributed by atoms with Crippen LogP contribution < -0.4 is 5.43 Å². The van der Waals surface area contributed by atoms with Crippen LogP contribution in [0.2, 0.25) is 0 Å². The summed E-state index contributed by atoms with van der Waals surface area (Å²) in [6.07, 6.45) is 2.64. The Kier molecular flexibility index (Phi) is 5.25. The highest BCUT2D eigenvalue weighted by Crippen LogP contribution is 2.02. The van der Waals surface area contributed by atoms with Gasteiger partial charge in [0.15, 0.2) is 0 Å². The Balaban J connectivity index is 3.34. The van der Waals surface area contributed by atoms with Crippen LogP contribution in [-0.2, 0) is 20.8 Å².